The Morgan fingerprint density at radius 1 is 1.24 bits per heavy atom. The summed E-state index contributed by atoms with van der Waals surface area (Å²) in [5, 5.41) is 5.82. The molecule has 4 atom stereocenters. The number of aromatic nitrogens is 1. The Morgan fingerprint density at radius 3 is 2.76 bits per heavy atom. The van der Waals surface area contributed by atoms with Crippen molar-refractivity contribution < 1.29 is 4.74 Å². The summed E-state index contributed by atoms with van der Waals surface area (Å²) in [7, 11) is 1.85. The first-order valence-electron chi connectivity index (χ1n) is 9.18. The molecule has 2 fully saturated rings. The summed E-state index contributed by atoms with van der Waals surface area (Å²) in [6, 6.07) is 8.61. The van der Waals surface area contributed by atoms with Crippen molar-refractivity contribution in [2.24, 2.45) is 11.8 Å². The minimum Gasteiger partial charge on any atom is -0.379 e. The Labute approximate surface area is 154 Å². The first-order valence-corrected chi connectivity index (χ1v) is 10.1. The molecule has 1 aliphatic heterocycles. The van der Waals surface area contributed by atoms with Crippen molar-refractivity contribution in [1.82, 2.24) is 9.88 Å². The van der Waals surface area contributed by atoms with E-state index >= 15 is 0 Å². The van der Waals surface area contributed by atoms with E-state index in [0.717, 1.165) is 30.6 Å². The highest BCUT2D eigenvalue weighted by atomic mass is 32.1. The molecule has 4 nitrogen and oxygen atoms in total. The van der Waals surface area contributed by atoms with Crippen LogP contribution in [0, 0.1) is 18.8 Å². The number of aryl methyl sites for hydroxylation is 1. The van der Waals surface area contributed by atoms with E-state index in [4.69, 9.17) is 4.74 Å². The summed E-state index contributed by atoms with van der Waals surface area (Å²) >= 11 is 1.89. The molecule has 2 aromatic rings. The zero-order valence-corrected chi connectivity index (χ0v) is 15.8. The third-order valence-electron chi connectivity index (χ3n) is 5.83. The molecule has 5 heteroatoms. The fraction of sp³-hybridized carbons (Fsp3) is 0.550. The second-order valence-electron chi connectivity index (χ2n) is 7.45. The van der Waals surface area contributed by atoms with Crippen molar-refractivity contribution in [3.05, 3.63) is 46.3 Å². The standard InChI is InChI=1S/C20H27N3OS/c1-14-6-8-25-19(14)13-23-11-15-9-17(18(24-2)10-16(15)12-23)22-20-5-3-4-7-21-20/h3-8,15-18H,9-13H2,1-2H3,(H,21,22)/t15-,16+,17-,18-/m1/s1. The lowest BCUT2D eigenvalue weighted by Gasteiger charge is -2.37. The molecule has 2 aliphatic rings. The number of pyridine rings is 1. The number of fused-ring (bicyclic) bond motifs is 1. The molecule has 0 aromatic carbocycles. The van der Waals surface area contributed by atoms with Gasteiger partial charge in [-0.2, -0.15) is 0 Å². The first-order chi connectivity index (χ1) is 12.2. The molecule has 0 amide bonds. The Bertz CT molecular complexity index is 689. The van der Waals surface area contributed by atoms with Gasteiger partial charge in [0, 0.05) is 37.8 Å². The molecule has 0 unspecified atom stereocenters. The van der Waals surface area contributed by atoms with Crippen LogP contribution in [0.2, 0.25) is 0 Å². The lowest BCUT2D eigenvalue weighted by molar-refractivity contribution is 0.0304. The van der Waals surface area contributed by atoms with Gasteiger partial charge in [0.25, 0.3) is 0 Å². The number of likely N-dealkylation sites (tertiary alicyclic amines) is 1. The summed E-state index contributed by atoms with van der Waals surface area (Å²) in [5.74, 6) is 2.47. The van der Waals surface area contributed by atoms with Crippen molar-refractivity contribution in [3.63, 3.8) is 0 Å². The lowest BCUT2D eigenvalue weighted by Crippen LogP contribution is -2.44. The fourth-order valence-electron chi connectivity index (χ4n) is 4.46. The zero-order chi connectivity index (χ0) is 17.2. The summed E-state index contributed by atoms with van der Waals surface area (Å²) in [5.41, 5.74) is 1.43. The van der Waals surface area contributed by atoms with Crippen LogP contribution in [-0.4, -0.2) is 42.2 Å². The van der Waals surface area contributed by atoms with Crippen LogP contribution in [0.3, 0.4) is 0 Å². The molecule has 1 saturated heterocycles. The number of anilines is 1. The summed E-state index contributed by atoms with van der Waals surface area (Å²) in [6.07, 6.45) is 4.42. The molecule has 0 spiro atoms. The molecule has 1 saturated carbocycles. The van der Waals surface area contributed by atoms with Crippen LogP contribution in [0.15, 0.2) is 35.8 Å². The zero-order valence-electron chi connectivity index (χ0n) is 15.0. The van der Waals surface area contributed by atoms with Crippen LogP contribution >= 0.6 is 11.3 Å². The lowest BCUT2D eigenvalue weighted by atomic mass is 9.77. The third-order valence-corrected chi connectivity index (χ3v) is 6.84. The topological polar surface area (TPSA) is 37.4 Å². The van der Waals surface area contributed by atoms with Crippen LogP contribution in [0.4, 0.5) is 5.82 Å². The average Bonchev–Trinajstić information content (AvgIpc) is 3.20. The van der Waals surface area contributed by atoms with Crippen molar-refractivity contribution in [2.75, 3.05) is 25.5 Å². The van der Waals surface area contributed by atoms with Gasteiger partial charge in [-0.25, -0.2) is 4.98 Å². The Hall–Kier alpha value is -1.43. The molecule has 4 rings (SSSR count). The second kappa shape index (κ2) is 7.44. The SMILES string of the molecule is CO[C@@H]1C[C@H]2CN(Cc3sccc3C)C[C@H]2C[C@H]1Nc1ccccn1. The van der Waals surface area contributed by atoms with Crippen molar-refractivity contribution in [1.29, 1.82) is 0 Å². The smallest absolute Gasteiger partial charge is 0.126 e. The van der Waals surface area contributed by atoms with E-state index in [2.05, 4.69) is 33.6 Å². The van der Waals surface area contributed by atoms with Gasteiger partial charge in [-0.15, -0.1) is 11.3 Å². The van der Waals surface area contributed by atoms with Crippen LogP contribution in [-0.2, 0) is 11.3 Å². The van der Waals surface area contributed by atoms with Gasteiger partial charge in [0.05, 0.1) is 12.1 Å². The van der Waals surface area contributed by atoms with E-state index in [0.29, 0.717) is 6.04 Å². The highest BCUT2D eigenvalue weighted by molar-refractivity contribution is 7.10. The fourth-order valence-corrected chi connectivity index (χ4v) is 5.41. The monoisotopic (exact) mass is 357 g/mol. The van der Waals surface area contributed by atoms with E-state index in [9.17, 15) is 0 Å². The van der Waals surface area contributed by atoms with Crippen LogP contribution < -0.4 is 5.32 Å². The number of hydrogen-bond donors (Lipinski definition) is 1. The van der Waals surface area contributed by atoms with Gasteiger partial charge >= 0.3 is 0 Å². The molecular weight excluding hydrogens is 330 g/mol. The number of thiophene rings is 1. The molecule has 2 aromatic heterocycles. The van der Waals surface area contributed by atoms with Gasteiger partial charge in [-0.3, -0.25) is 4.90 Å². The number of hydrogen-bond acceptors (Lipinski definition) is 5. The quantitative estimate of drug-likeness (QED) is 0.883. The van der Waals surface area contributed by atoms with Crippen molar-refractivity contribution in [3.8, 4) is 0 Å². The van der Waals surface area contributed by atoms with Gasteiger partial charge in [0.2, 0.25) is 0 Å². The molecule has 0 bridgehead atoms. The number of nitrogens with one attached hydrogen (secondary N) is 1. The van der Waals surface area contributed by atoms with Gasteiger partial charge in [0.1, 0.15) is 5.82 Å². The van der Waals surface area contributed by atoms with E-state index in [1.165, 1.54) is 30.0 Å². The molecule has 25 heavy (non-hydrogen) atoms. The maximum atomic E-state index is 5.84. The largest absolute Gasteiger partial charge is 0.379 e. The summed E-state index contributed by atoms with van der Waals surface area (Å²) in [4.78, 5) is 8.59. The van der Waals surface area contributed by atoms with Gasteiger partial charge in [-0.05, 0) is 60.7 Å². The predicted octanol–water partition coefficient (Wildman–Crippen LogP) is 3.79. The van der Waals surface area contributed by atoms with Gasteiger partial charge in [0.15, 0.2) is 0 Å². The van der Waals surface area contributed by atoms with Crippen molar-refractivity contribution >= 4 is 17.2 Å². The Morgan fingerprint density at radius 2 is 2.08 bits per heavy atom. The summed E-state index contributed by atoms with van der Waals surface area (Å²) in [6.45, 7) is 5.74. The van der Waals surface area contributed by atoms with E-state index in [1.807, 2.05) is 42.8 Å². The minimum absolute atomic E-state index is 0.270. The van der Waals surface area contributed by atoms with Gasteiger partial charge in [-0.1, -0.05) is 6.07 Å². The number of nitrogens with zero attached hydrogens (tertiary/aromatic N) is 2. The molecule has 0 radical (unpaired) electrons. The van der Waals surface area contributed by atoms with E-state index in [-0.39, 0.29) is 6.10 Å². The number of methoxy groups -OCH3 is 1. The van der Waals surface area contributed by atoms with Crippen molar-refractivity contribution in [2.45, 2.75) is 38.5 Å². The predicted molar refractivity (Wildman–Crippen MR) is 103 cm³/mol. The van der Waals surface area contributed by atoms with Crippen LogP contribution in [0.25, 0.3) is 0 Å². The normalized spacial score (nSPS) is 29.5. The Kier molecular flexibility index (Phi) is 5.06. The molecular formula is C20H27N3OS. The average molecular weight is 358 g/mol. The molecule has 3 heterocycles. The van der Waals surface area contributed by atoms with Crippen LogP contribution in [0.1, 0.15) is 23.3 Å². The number of rotatable bonds is 5. The number of ether oxygens (including phenoxy) is 1. The summed E-state index contributed by atoms with van der Waals surface area (Å²) < 4.78 is 5.84. The first kappa shape index (κ1) is 17.0. The van der Waals surface area contributed by atoms with Crippen LogP contribution in [0.5, 0.6) is 0 Å². The Balaban J connectivity index is 1.41. The minimum atomic E-state index is 0.270. The van der Waals surface area contributed by atoms with E-state index in [1.54, 1.807) is 0 Å². The van der Waals surface area contributed by atoms with E-state index < -0.39 is 0 Å². The third kappa shape index (κ3) is 3.73. The highest BCUT2D eigenvalue weighted by Crippen LogP contribution is 2.39. The van der Waals surface area contributed by atoms with Gasteiger partial charge < -0.3 is 10.1 Å². The molecule has 1 aliphatic carbocycles. The molecule has 134 valence electrons. The second-order valence-corrected chi connectivity index (χ2v) is 8.45. The maximum absolute atomic E-state index is 5.84. The molecule has 1 N–H and O–H groups in total. The highest BCUT2D eigenvalue weighted by Gasteiger charge is 2.42. The maximum Gasteiger partial charge on any atom is 0.126 e.